The van der Waals surface area contributed by atoms with Crippen LogP contribution in [0.4, 0.5) is 5.69 Å². The van der Waals surface area contributed by atoms with Crippen LogP contribution in [0.25, 0.3) is 0 Å². The van der Waals surface area contributed by atoms with Crippen LogP contribution in [-0.2, 0) is 6.54 Å². The van der Waals surface area contributed by atoms with Crippen molar-refractivity contribution < 1.29 is 4.79 Å². The maximum absolute atomic E-state index is 12.2. The van der Waals surface area contributed by atoms with Crippen molar-refractivity contribution >= 4 is 22.9 Å². The minimum absolute atomic E-state index is 0.00454. The predicted molar refractivity (Wildman–Crippen MR) is 75.7 cm³/mol. The second-order valence-electron chi connectivity index (χ2n) is 4.31. The molecule has 0 atom stereocenters. The Morgan fingerprint density at radius 3 is 2.78 bits per heavy atom. The smallest absolute Gasteiger partial charge is 0.253 e. The molecular weight excluding hydrogens is 244 g/mol. The molecule has 94 valence electrons. The molecule has 0 aliphatic carbocycles. The van der Waals surface area contributed by atoms with Crippen LogP contribution < -0.4 is 5.73 Å². The number of nitrogens with zero attached hydrogens (tertiary/aromatic N) is 1. The summed E-state index contributed by atoms with van der Waals surface area (Å²) in [5.41, 5.74) is 8.11. The number of benzene rings is 1. The molecule has 1 aromatic heterocycles. The van der Waals surface area contributed by atoms with Gasteiger partial charge in [0.2, 0.25) is 0 Å². The number of nitrogens with two attached hydrogens (primary N) is 1. The minimum atomic E-state index is -0.00454. The van der Waals surface area contributed by atoms with E-state index in [4.69, 9.17) is 5.73 Å². The molecule has 3 nitrogen and oxygen atoms in total. The van der Waals surface area contributed by atoms with Gasteiger partial charge in [0.1, 0.15) is 0 Å². The third-order valence-corrected chi connectivity index (χ3v) is 3.71. The second-order valence-corrected chi connectivity index (χ2v) is 5.34. The summed E-state index contributed by atoms with van der Waals surface area (Å²) in [6, 6.07) is 9.45. The fourth-order valence-electron chi connectivity index (χ4n) is 1.70. The van der Waals surface area contributed by atoms with E-state index < -0.39 is 0 Å². The lowest BCUT2D eigenvalue weighted by atomic mass is 10.1. The highest BCUT2D eigenvalue weighted by Gasteiger charge is 2.13. The average Bonchev–Trinajstić information content (AvgIpc) is 2.84. The Balaban J connectivity index is 2.12. The number of nitrogen functional groups attached to an aromatic ring is 1. The Morgan fingerprint density at radius 1 is 1.39 bits per heavy atom. The Kier molecular flexibility index (Phi) is 3.67. The molecule has 2 N–H and O–H groups in total. The molecule has 2 aromatic rings. The van der Waals surface area contributed by atoms with Crippen molar-refractivity contribution in [1.82, 2.24) is 4.90 Å². The summed E-state index contributed by atoms with van der Waals surface area (Å²) in [6.07, 6.45) is 0. The number of rotatable bonds is 3. The Labute approximate surface area is 111 Å². The van der Waals surface area contributed by atoms with E-state index in [1.165, 1.54) is 4.88 Å². The molecule has 18 heavy (non-hydrogen) atoms. The van der Waals surface area contributed by atoms with Gasteiger partial charge in [0.15, 0.2) is 0 Å². The summed E-state index contributed by atoms with van der Waals surface area (Å²) >= 11 is 1.65. The van der Waals surface area contributed by atoms with Gasteiger partial charge in [-0.2, -0.15) is 0 Å². The molecule has 1 amide bonds. The highest BCUT2D eigenvalue weighted by atomic mass is 32.1. The molecule has 0 saturated heterocycles. The van der Waals surface area contributed by atoms with Gasteiger partial charge in [0, 0.05) is 23.2 Å². The number of carbonyl (C=O) groups is 1. The van der Waals surface area contributed by atoms with Crippen molar-refractivity contribution in [3.63, 3.8) is 0 Å². The summed E-state index contributed by atoms with van der Waals surface area (Å²) < 4.78 is 0. The fourth-order valence-corrected chi connectivity index (χ4v) is 2.46. The van der Waals surface area contributed by atoms with E-state index in [9.17, 15) is 4.79 Å². The minimum Gasteiger partial charge on any atom is -0.398 e. The van der Waals surface area contributed by atoms with Gasteiger partial charge >= 0.3 is 0 Å². The van der Waals surface area contributed by atoms with E-state index in [0.29, 0.717) is 17.8 Å². The van der Waals surface area contributed by atoms with Crippen LogP contribution in [0.3, 0.4) is 0 Å². The van der Waals surface area contributed by atoms with Crippen LogP contribution in [0.15, 0.2) is 35.7 Å². The van der Waals surface area contributed by atoms with E-state index in [2.05, 4.69) is 0 Å². The number of aryl methyl sites for hydroxylation is 1. The number of amides is 1. The third-order valence-electron chi connectivity index (χ3n) is 2.85. The maximum Gasteiger partial charge on any atom is 0.253 e. The molecule has 4 heteroatoms. The van der Waals surface area contributed by atoms with Gasteiger partial charge in [0.25, 0.3) is 5.91 Å². The Morgan fingerprint density at radius 2 is 2.17 bits per heavy atom. The molecule has 0 saturated carbocycles. The van der Waals surface area contributed by atoms with Gasteiger partial charge in [-0.1, -0.05) is 12.1 Å². The molecule has 0 spiro atoms. The van der Waals surface area contributed by atoms with Gasteiger partial charge in [0.05, 0.1) is 6.54 Å². The molecular formula is C14H16N2OS. The van der Waals surface area contributed by atoms with Crippen LogP contribution in [0.5, 0.6) is 0 Å². The SMILES string of the molecule is Cc1ccc(C(=O)N(C)Cc2cccs2)cc1N. The fraction of sp³-hybridized carbons (Fsp3) is 0.214. The van der Waals surface area contributed by atoms with Crippen LogP contribution in [0, 0.1) is 6.92 Å². The summed E-state index contributed by atoms with van der Waals surface area (Å²) in [4.78, 5) is 15.1. The second kappa shape index (κ2) is 5.23. The van der Waals surface area contributed by atoms with Gasteiger partial charge in [-0.15, -0.1) is 11.3 Å². The monoisotopic (exact) mass is 260 g/mol. The highest BCUT2D eigenvalue weighted by Crippen LogP contribution is 2.16. The molecule has 2 rings (SSSR count). The van der Waals surface area contributed by atoms with Gasteiger partial charge < -0.3 is 10.6 Å². The zero-order valence-electron chi connectivity index (χ0n) is 10.5. The van der Waals surface area contributed by atoms with Crippen molar-refractivity contribution in [3.8, 4) is 0 Å². The maximum atomic E-state index is 12.2. The summed E-state index contributed by atoms with van der Waals surface area (Å²) in [5, 5.41) is 2.01. The molecule has 0 bridgehead atoms. The zero-order valence-corrected chi connectivity index (χ0v) is 11.3. The van der Waals surface area contributed by atoms with Crippen molar-refractivity contribution in [3.05, 3.63) is 51.7 Å². The molecule has 0 radical (unpaired) electrons. The van der Waals surface area contributed by atoms with Gasteiger partial charge in [-0.3, -0.25) is 4.79 Å². The number of thiophene rings is 1. The lowest BCUT2D eigenvalue weighted by Crippen LogP contribution is -2.25. The van der Waals surface area contributed by atoms with E-state index >= 15 is 0 Å². The first-order valence-electron chi connectivity index (χ1n) is 5.72. The van der Waals surface area contributed by atoms with Gasteiger partial charge in [-0.25, -0.2) is 0 Å². The van der Waals surface area contributed by atoms with Gasteiger partial charge in [-0.05, 0) is 36.1 Å². The first-order valence-corrected chi connectivity index (χ1v) is 6.60. The molecule has 1 aromatic carbocycles. The Hall–Kier alpha value is -1.81. The standard InChI is InChI=1S/C14H16N2OS/c1-10-5-6-11(8-13(10)15)14(17)16(2)9-12-4-3-7-18-12/h3-8H,9,15H2,1-2H3. The van der Waals surface area contributed by atoms with Crippen LogP contribution >= 0.6 is 11.3 Å². The zero-order chi connectivity index (χ0) is 13.1. The largest absolute Gasteiger partial charge is 0.398 e. The lowest BCUT2D eigenvalue weighted by molar-refractivity contribution is 0.0786. The highest BCUT2D eigenvalue weighted by molar-refractivity contribution is 7.09. The van der Waals surface area contributed by atoms with Crippen molar-refractivity contribution in [1.29, 1.82) is 0 Å². The summed E-state index contributed by atoms with van der Waals surface area (Å²) in [5.74, 6) is -0.00454. The number of hydrogen-bond donors (Lipinski definition) is 1. The number of anilines is 1. The third kappa shape index (κ3) is 2.71. The summed E-state index contributed by atoms with van der Waals surface area (Å²) in [6.45, 7) is 2.56. The molecule has 0 aliphatic heterocycles. The lowest BCUT2D eigenvalue weighted by Gasteiger charge is -2.16. The number of hydrogen-bond acceptors (Lipinski definition) is 3. The first-order chi connectivity index (χ1) is 8.58. The quantitative estimate of drug-likeness (QED) is 0.862. The van der Waals surface area contributed by atoms with E-state index in [0.717, 1.165) is 5.56 Å². The van der Waals surface area contributed by atoms with Crippen molar-refractivity contribution in [2.45, 2.75) is 13.5 Å². The van der Waals surface area contributed by atoms with Crippen molar-refractivity contribution in [2.24, 2.45) is 0 Å². The van der Waals surface area contributed by atoms with Crippen LogP contribution in [0.1, 0.15) is 20.8 Å². The molecule has 0 aliphatic rings. The van der Waals surface area contributed by atoms with E-state index in [-0.39, 0.29) is 5.91 Å². The Bertz CT molecular complexity index is 549. The van der Waals surface area contributed by atoms with Crippen LogP contribution in [-0.4, -0.2) is 17.9 Å². The average molecular weight is 260 g/mol. The predicted octanol–water partition coefficient (Wildman–Crippen LogP) is 2.91. The topological polar surface area (TPSA) is 46.3 Å². The van der Waals surface area contributed by atoms with Crippen molar-refractivity contribution in [2.75, 3.05) is 12.8 Å². The van der Waals surface area contributed by atoms with Crippen LogP contribution in [0.2, 0.25) is 0 Å². The normalized spacial score (nSPS) is 10.3. The summed E-state index contributed by atoms with van der Waals surface area (Å²) in [7, 11) is 1.80. The van der Waals surface area contributed by atoms with E-state index in [1.54, 1.807) is 29.4 Å². The molecule has 1 heterocycles. The first kappa shape index (κ1) is 12.6. The molecule has 0 fully saturated rings. The van der Waals surface area contributed by atoms with E-state index in [1.807, 2.05) is 36.6 Å². The number of carbonyl (C=O) groups excluding carboxylic acids is 1. The molecule has 0 unspecified atom stereocenters.